The molecule has 1 N–H and O–H groups in total. The first-order valence-corrected chi connectivity index (χ1v) is 9.07. The molecule has 2 aromatic carbocycles. The van der Waals surface area contributed by atoms with Gasteiger partial charge in [-0.05, 0) is 36.8 Å². The highest BCUT2D eigenvalue weighted by Gasteiger charge is 2.14. The second-order valence-electron chi connectivity index (χ2n) is 6.02. The lowest BCUT2D eigenvalue weighted by Crippen LogP contribution is -2.04. The number of hydrogen-bond donors (Lipinski definition) is 1. The van der Waals surface area contributed by atoms with Gasteiger partial charge >= 0.3 is 0 Å². The Hall–Kier alpha value is -3.57. The monoisotopic (exact) mass is 412 g/mol. The summed E-state index contributed by atoms with van der Waals surface area (Å²) in [5.74, 6) is 1.47. The van der Waals surface area contributed by atoms with E-state index in [-0.39, 0.29) is 5.69 Å². The van der Waals surface area contributed by atoms with Crippen molar-refractivity contribution in [3.8, 4) is 17.6 Å². The fourth-order valence-corrected chi connectivity index (χ4v) is 3.15. The predicted molar refractivity (Wildman–Crippen MR) is 110 cm³/mol. The van der Waals surface area contributed by atoms with Crippen LogP contribution in [0.3, 0.4) is 0 Å². The van der Waals surface area contributed by atoms with Gasteiger partial charge in [0.15, 0.2) is 11.5 Å². The number of nitriles is 1. The third-order valence-electron chi connectivity index (χ3n) is 4.18. The Morgan fingerprint density at radius 2 is 2.10 bits per heavy atom. The van der Waals surface area contributed by atoms with Crippen molar-refractivity contribution in [1.29, 1.82) is 5.26 Å². The topological polar surface area (TPSA) is 110 Å². The van der Waals surface area contributed by atoms with E-state index >= 15 is 0 Å². The number of hydrogen-bond acceptors (Lipinski definition) is 7. The van der Waals surface area contributed by atoms with Crippen LogP contribution >= 0.6 is 11.6 Å². The fraction of sp³-hybridized carbons (Fsp3) is 0.200. The van der Waals surface area contributed by atoms with Crippen LogP contribution in [-0.4, -0.2) is 23.6 Å². The molecule has 0 aliphatic rings. The fourth-order valence-electron chi connectivity index (χ4n) is 2.86. The molecule has 0 amide bonds. The van der Waals surface area contributed by atoms with E-state index in [0.29, 0.717) is 52.0 Å². The molecule has 1 heterocycles. The van der Waals surface area contributed by atoms with E-state index in [0.717, 1.165) is 5.56 Å². The van der Waals surface area contributed by atoms with E-state index in [4.69, 9.17) is 21.1 Å². The summed E-state index contributed by atoms with van der Waals surface area (Å²) < 4.78 is 10.9. The maximum absolute atomic E-state index is 11.0. The van der Waals surface area contributed by atoms with Gasteiger partial charge in [0.05, 0.1) is 40.8 Å². The molecular formula is C20H17ClN4O4. The molecule has 0 saturated carbocycles. The number of halogens is 1. The van der Waals surface area contributed by atoms with Crippen LogP contribution in [0.25, 0.3) is 10.9 Å². The minimum atomic E-state index is -0.504. The smallest absolute Gasteiger partial charge is 0.270 e. The third-order valence-corrected chi connectivity index (χ3v) is 4.46. The van der Waals surface area contributed by atoms with Crippen LogP contribution in [0, 0.1) is 21.4 Å². The first-order valence-electron chi connectivity index (χ1n) is 8.69. The van der Waals surface area contributed by atoms with Gasteiger partial charge in [-0.15, -0.1) is 0 Å². The molecule has 3 rings (SSSR count). The van der Waals surface area contributed by atoms with Gasteiger partial charge in [0.2, 0.25) is 0 Å². The van der Waals surface area contributed by atoms with Gasteiger partial charge in [-0.3, -0.25) is 10.1 Å². The lowest BCUT2D eigenvalue weighted by molar-refractivity contribution is -0.384. The highest BCUT2D eigenvalue weighted by atomic mass is 35.5. The molecule has 0 aliphatic carbocycles. The molecule has 0 spiro atoms. The van der Waals surface area contributed by atoms with E-state index in [1.54, 1.807) is 18.2 Å². The lowest BCUT2D eigenvalue weighted by Gasteiger charge is -2.14. The normalized spacial score (nSPS) is 10.4. The summed E-state index contributed by atoms with van der Waals surface area (Å²) in [4.78, 5) is 14.9. The van der Waals surface area contributed by atoms with Gasteiger partial charge in [0.25, 0.3) is 5.69 Å². The molecule has 148 valence electrons. The van der Waals surface area contributed by atoms with Crippen molar-refractivity contribution in [2.45, 2.75) is 13.5 Å². The highest BCUT2D eigenvalue weighted by molar-refractivity contribution is 6.32. The number of non-ortho nitro benzene ring substituents is 1. The van der Waals surface area contributed by atoms with Crippen molar-refractivity contribution in [3.05, 3.63) is 62.7 Å². The summed E-state index contributed by atoms with van der Waals surface area (Å²) in [6, 6.07) is 11.4. The number of ether oxygens (including phenoxy) is 2. The number of nitrogens with one attached hydrogen (secondary N) is 1. The van der Waals surface area contributed by atoms with Crippen LogP contribution in [0.5, 0.6) is 11.5 Å². The Kier molecular flexibility index (Phi) is 6.00. The molecule has 29 heavy (non-hydrogen) atoms. The second kappa shape index (κ2) is 8.63. The average Bonchev–Trinajstić information content (AvgIpc) is 2.72. The van der Waals surface area contributed by atoms with Crippen molar-refractivity contribution < 1.29 is 14.4 Å². The van der Waals surface area contributed by atoms with Crippen LogP contribution in [-0.2, 0) is 6.54 Å². The van der Waals surface area contributed by atoms with Crippen LogP contribution < -0.4 is 14.8 Å². The molecule has 0 unspecified atom stereocenters. The molecule has 0 bridgehead atoms. The van der Waals surface area contributed by atoms with Crippen LogP contribution in [0.4, 0.5) is 11.5 Å². The minimum Gasteiger partial charge on any atom is -0.493 e. The Labute approximate surface area is 171 Å². The quantitative estimate of drug-likeness (QED) is 0.442. The van der Waals surface area contributed by atoms with Crippen molar-refractivity contribution >= 4 is 34.0 Å². The van der Waals surface area contributed by atoms with Gasteiger partial charge in [-0.2, -0.15) is 5.26 Å². The Bertz CT molecular complexity index is 1130. The maximum atomic E-state index is 11.0. The number of nitrogens with zero attached hydrogens (tertiary/aromatic N) is 3. The summed E-state index contributed by atoms with van der Waals surface area (Å²) in [6.45, 7) is 2.70. The Morgan fingerprint density at radius 3 is 2.76 bits per heavy atom. The summed E-state index contributed by atoms with van der Waals surface area (Å²) in [6.07, 6.45) is 0. The molecule has 0 aliphatic heterocycles. The van der Waals surface area contributed by atoms with Crippen molar-refractivity contribution in [3.63, 3.8) is 0 Å². The number of aromatic nitrogens is 1. The molecule has 0 atom stereocenters. The number of nitro groups is 1. The minimum absolute atomic E-state index is 0.0902. The summed E-state index contributed by atoms with van der Waals surface area (Å²) in [7, 11) is 1.54. The third kappa shape index (κ3) is 4.31. The van der Waals surface area contributed by atoms with E-state index < -0.39 is 4.92 Å². The number of anilines is 1. The first-order chi connectivity index (χ1) is 14.0. The zero-order valence-electron chi connectivity index (χ0n) is 15.7. The van der Waals surface area contributed by atoms with Gasteiger partial charge in [-0.1, -0.05) is 11.6 Å². The first kappa shape index (κ1) is 20.2. The number of pyridine rings is 1. The van der Waals surface area contributed by atoms with Gasteiger partial charge in [0.1, 0.15) is 5.82 Å². The zero-order valence-corrected chi connectivity index (χ0v) is 16.5. The zero-order chi connectivity index (χ0) is 21.0. The molecular weight excluding hydrogens is 396 g/mol. The Balaban J connectivity index is 1.89. The molecule has 1 aromatic heterocycles. The second-order valence-corrected chi connectivity index (χ2v) is 6.43. The summed E-state index contributed by atoms with van der Waals surface area (Å²) >= 11 is 6.29. The van der Waals surface area contributed by atoms with Crippen molar-refractivity contribution in [2.75, 3.05) is 19.0 Å². The van der Waals surface area contributed by atoms with E-state index in [1.165, 1.54) is 25.3 Å². The molecule has 0 saturated heterocycles. The number of nitro benzene ring substituents is 1. The molecule has 3 aromatic rings. The van der Waals surface area contributed by atoms with Gasteiger partial charge in [0, 0.05) is 24.1 Å². The highest BCUT2D eigenvalue weighted by Crippen LogP contribution is 2.36. The number of benzene rings is 2. The largest absolute Gasteiger partial charge is 0.493 e. The number of fused-ring (bicyclic) bond motifs is 1. The van der Waals surface area contributed by atoms with Crippen LogP contribution in [0.1, 0.15) is 18.1 Å². The molecule has 0 fully saturated rings. The molecule has 8 nitrogen and oxygen atoms in total. The van der Waals surface area contributed by atoms with Crippen molar-refractivity contribution in [2.24, 2.45) is 0 Å². The standard InChI is InChI=1S/C20H17ClN4O4/c1-3-29-20-16(21)6-12(7-18(20)28-2)11-23-19-8-13(10-22)15-9-14(25(26)27)4-5-17(15)24-19/h4-9H,3,11H2,1-2H3,(H,23,24). The maximum Gasteiger partial charge on any atom is 0.270 e. The average molecular weight is 413 g/mol. The van der Waals surface area contributed by atoms with Gasteiger partial charge in [-0.25, -0.2) is 4.98 Å². The SMILES string of the molecule is CCOc1c(Cl)cc(CNc2cc(C#N)c3cc([N+](=O)[O-])ccc3n2)cc1OC. The van der Waals surface area contributed by atoms with Crippen LogP contribution in [0.15, 0.2) is 36.4 Å². The van der Waals surface area contributed by atoms with Crippen molar-refractivity contribution in [1.82, 2.24) is 4.98 Å². The van der Waals surface area contributed by atoms with E-state index in [2.05, 4.69) is 16.4 Å². The molecule has 9 heteroatoms. The number of rotatable bonds is 7. The van der Waals surface area contributed by atoms with E-state index in [1.807, 2.05) is 6.92 Å². The number of methoxy groups -OCH3 is 1. The van der Waals surface area contributed by atoms with E-state index in [9.17, 15) is 15.4 Å². The Morgan fingerprint density at radius 1 is 1.31 bits per heavy atom. The van der Waals surface area contributed by atoms with Gasteiger partial charge < -0.3 is 14.8 Å². The lowest BCUT2D eigenvalue weighted by atomic mass is 10.1. The summed E-state index contributed by atoms with van der Waals surface area (Å²) in [5, 5.41) is 24.4. The predicted octanol–water partition coefficient (Wildman–Crippen LogP) is 4.69. The van der Waals surface area contributed by atoms with Crippen LogP contribution in [0.2, 0.25) is 5.02 Å². The molecule has 0 radical (unpaired) electrons. The summed E-state index contributed by atoms with van der Waals surface area (Å²) in [5.41, 5.74) is 1.52.